The first-order valence-electron chi connectivity index (χ1n) is 5.63. The van der Waals surface area contributed by atoms with E-state index in [2.05, 4.69) is 5.32 Å². The number of rotatable bonds is 4. The van der Waals surface area contributed by atoms with E-state index < -0.39 is 0 Å². The van der Waals surface area contributed by atoms with Gasteiger partial charge in [0.2, 0.25) is 5.91 Å². The second kappa shape index (κ2) is 6.02. The van der Waals surface area contributed by atoms with Crippen LogP contribution in [0.3, 0.4) is 0 Å². The van der Waals surface area contributed by atoms with Crippen molar-refractivity contribution in [2.75, 3.05) is 20.6 Å². The minimum atomic E-state index is 0.216. The van der Waals surface area contributed by atoms with Crippen LogP contribution in [0.1, 0.15) is 38.5 Å². The van der Waals surface area contributed by atoms with E-state index >= 15 is 0 Å². The summed E-state index contributed by atoms with van der Waals surface area (Å²) >= 11 is 0. The number of carbonyl (C=O) groups is 1. The van der Waals surface area contributed by atoms with Crippen LogP contribution in [-0.4, -0.2) is 37.5 Å². The van der Waals surface area contributed by atoms with Gasteiger partial charge in [0.1, 0.15) is 0 Å². The molecule has 1 aliphatic carbocycles. The molecule has 1 N–H and O–H groups in total. The first kappa shape index (κ1) is 11.5. The van der Waals surface area contributed by atoms with Crippen LogP contribution in [0.25, 0.3) is 0 Å². The molecular formula is C11H22N2O. The Morgan fingerprint density at radius 1 is 1.29 bits per heavy atom. The van der Waals surface area contributed by atoms with Gasteiger partial charge in [-0.1, -0.05) is 19.3 Å². The SMILES string of the molecule is CN(C)C(=O)CCNC1CCCCC1. The first-order chi connectivity index (χ1) is 6.70. The van der Waals surface area contributed by atoms with Crippen molar-refractivity contribution < 1.29 is 4.79 Å². The zero-order valence-electron chi connectivity index (χ0n) is 9.38. The molecule has 1 rings (SSSR count). The van der Waals surface area contributed by atoms with Crippen molar-refractivity contribution in [1.29, 1.82) is 0 Å². The first-order valence-corrected chi connectivity index (χ1v) is 5.63. The van der Waals surface area contributed by atoms with Crippen molar-refractivity contribution in [3.8, 4) is 0 Å². The maximum atomic E-state index is 11.3. The molecule has 0 atom stereocenters. The molecule has 0 spiro atoms. The Hall–Kier alpha value is -0.570. The summed E-state index contributed by atoms with van der Waals surface area (Å²) in [4.78, 5) is 12.9. The number of hydrogen-bond acceptors (Lipinski definition) is 2. The van der Waals surface area contributed by atoms with E-state index in [9.17, 15) is 4.79 Å². The summed E-state index contributed by atoms with van der Waals surface area (Å²) in [6.45, 7) is 0.835. The molecule has 0 aliphatic heterocycles. The molecule has 0 aromatic carbocycles. The van der Waals surface area contributed by atoms with Crippen LogP contribution in [0.2, 0.25) is 0 Å². The van der Waals surface area contributed by atoms with Gasteiger partial charge in [0.05, 0.1) is 0 Å². The summed E-state index contributed by atoms with van der Waals surface area (Å²) in [5, 5.41) is 3.46. The largest absolute Gasteiger partial charge is 0.349 e. The zero-order valence-corrected chi connectivity index (χ0v) is 9.38. The predicted octanol–water partition coefficient (Wildman–Crippen LogP) is 1.39. The van der Waals surface area contributed by atoms with E-state index in [-0.39, 0.29) is 5.91 Å². The van der Waals surface area contributed by atoms with Crippen LogP contribution < -0.4 is 5.32 Å². The average Bonchev–Trinajstić information content (AvgIpc) is 2.19. The normalized spacial score (nSPS) is 18.1. The Labute approximate surface area is 86.9 Å². The van der Waals surface area contributed by atoms with Crippen molar-refractivity contribution in [2.45, 2.75) is 44.6 Å². The fourth-order valence-corrected chi connectivity index (χ4v) is 1.91. The molecule has 3 nitrogen and oxygen atoms in total. The van der Waals surface area contributed by atoms with Gasteiger partial charge in [0.25, 0.3) is 0 Å². The lowest BCUT2D eigenvalue weighted by molar-refractivity contribution is -0.128. The molecule has 0 bridgehead atoms. The van der Waals surface area contributed by atoms with Crippen LogP contribution in [-0.2, 0) is 4.79 Å². The number of carbonyl (C=O) groups excluding carboxylic acids is 1. The average molecular weight is 198 g/mol. The molecule has 0 unspecified atom stereocenters. The van der Waals surface area contributed by atoms with Gasteiger partial charge >= 0.3 is 0 Å². The van der Waals surface area contributed by atoms with Crippen LogP contribution in [0.15, 0.2) is 0 Å². The van der Waals surface area contributed by atoms with Gasteiger partial charge in [-0.25, -0.2) is 0 Å². The molecule has 0 saturated heterocycles. The number of hydrogen-bond donors (Lipinski definition) is 1. The predicted molar refractivity (Wildman–Crippen MR) is 58.2 cm³/mol. The van der Waals surface area contributed by atoms with Crippen molar-refractivity contribution in [2.24, 2.45) is 0 Å². The van der Waals surface area contributed by atoms with Gasteiger partial charge < -0.3 is 10.2 Å². The third-order valence-corrected chi connectivity index (χ3v) is 2.88. The highest BCUT2D eigenvalue weighted by atomic mass is 16.2. The number of amides is 1. The summed E-state index contributed by atoms with van der Waals surface area (Å²) < 4.78 is 0. The van der Waals surface area contributed by atoms with Crippen LogP contribution >= 0.6 is 0 Å². The van der Waals surface area contributed by atoms with E-state index in [1.54, 1.807) is 4.90 Å². The monoisotopic (exact) mass is 198 g/mol. The van der Waals surface area contributed by atoms with Crippen LogP contribution in [0.5, 0.6) is 0 Å². The third-order valence-electron chi connectivity index (χ3n) is 2.88. The van der Waals surface area contributed by atoms with Crippen LogP contribution in [0.4, 0.5) is 0 Å². The molecule has 0 aromatic heterocycles. The topological polar surface area (TPSA) is 32.3 Å². The third kappa shape index (κ3) is 4.09. The lowest BCUT2D eigenvalue weighted by atomic mass is 9.95. The number of nitrogens with one attached hydrogen (secondary N) is 1. The van der Waals surface area contributed by atoms with E-state index in [0.717, 1.165) is 6.54 Å². The minimum Gasteiger partial charge on any atom is -0.349 e. The molecule has 0 radical (unpaired) electrons. The Morgan fingerprint density at radius 3 is 2.50 bits per heavy atom. The van der Waals surface area contributed by atoms with Gasteiger partial charge in [0, 0.05) is 33.1 Å². The highest BCUT2D eigenvalue weighted by Gasteiger charge is 2.12. The summed E-state index contributed by atoms with van der Waals surface area (Å²) in [7, 11) is 3.62. The Balaban J connectivity index is 2.05. The van der Waals surface area contributed by atoms with E-state index in [4.69, 9.17) is 0 Å². The zero-order chi connectivity index (χ0) is 10.4. The fraction of sp³-hybridized carbons (Fsp3) is 0.909. The van der Waals surface area contributed by atoms with Gasteiger partial charge in [0.15, 0.2) is 0 Å². The molecule has 1 saturated carbocycles. The highest BCUT2D eigenvalue weighted by molar-refractivity contribution is 5.75. The summed E-state index contributed by atoms with van der Waals surface area (Å²) in [5.41, 5.74) is 0. The molecule has 0 heterocycles. The number of nitrogens with zero attached hydrogens (tertiary/aromatic N) is 1. The molecule has 82 valence electrons. The summed E-state index contributed by atoms with van der Waals surface area (Å²) in [6, 6.07) is 0.665. The van der Waals surface area contributed by atoms with E-state index in [1.807, 2.05) is 14.1 Å². The molecule has 3 heteroatoms. The van der Waals surface area contributed by atoms with Gasteiger partial charge in [-0.2, -0.15) is 0 Å². The molecule has 1 amide bonds. The second-order valence-corrected chi connectivity index (χ2v) is 4.33. The van der Waals surface area contributed by atoms with E-state index in [0.29, 0.717) is 12.5 Å². The van der Waals surface area contributed by atoms with Crippen molar-refractivity contribution in [1.82, 2.24) is 10.2 Å². The lowest BCUT2D eigenvalue weighted by Crippen LogP contribution is -2.34. The summed E-state index contributed by atoms with van der Waals surface area (Å²) in [6.07, 6.45) is 7.28. The van der Waals surface area contributed by atoms with Gasteiger partial charge in [-0.15, -0.1) is 0 Å². The standard InChI is InChI=1S/C11H22N2O/c1-13(2)11(14)8-9-12-10-6-4-3-5-7-10/h10,12H,3-9H2,1-2H3. The maximum absolute atomic E-state index is 11.3. The Bertz CT molecular complexity index is 174. The van der Waals surface area contributed by atoms with E-state index in [1.165, 1.54) is 32.1 Å². The Kier molecular flexibility index (Phi) is 4.94. The highest BCUT2D eigenvalue weighted by Crippen LogP contribution is 2.17. The molecule has 1 aliphatic rings. The minimum absolute atomic E-state index is 0.216. The van der Waals surface area contributed by atoms with Crippen molar-refractivity contribution in [3.05, 3.63) is 0 Å². The van der Waals surface area contributed by atoms with Crippen molar-refractivity contribution >= 4 is 5.91 Å². The quantitative estimate of drug-likeness (QED) is 0.740. The van der Waals surface area contributed by atoms with Crippen LogP contribution in [0, 0.1) is 0 Å². The van der Waals surface area contributed by atoms with Crippen molar-refractivity contribution in [3.63, 3.8) is 0 Å². The molecule has 14 heavy (non-hydrogen) atoms. The molecular weight excluding hydrogens is 176 g/mol. The molecule has 1 fully saturated rings. The second-order valence-electron chi connectivity index (χ2n) is 4.33. The van der Waals surface area contributed by atoms with Gasteiger partial charge in [-0.05, 0) is 12.8 Å². The molecule has 0 aromatic rings. The fourth-order valence-electron chi connectivity index (χ4n) is 1.91. The smallest absolute Gasteiger partial charge is 0.223 e. The Morgan fingerprint density at radius 2 is 1.93 bits per heavy atom. The lowest BCUT2D eigenvalue weighted by Gasteiger charge is -2.23. The summed E-state index contributed by atoms with van der Waals surface area (Å²) in [5.74, 6) is 0.216. The van der Waals surface area contributed by atoms with Gasteiger partial charge in [-0.3, -0.25) is 4.79 Å². The maximum Gasteiger partial charge on any atom is 0.223 e.